The van der Waals surface area contributed by atoms with Crippen molar-refractivity contribution in [3.05, 3.63) is 23.8 Å². The molecule has 2 unspecified atom stereocenters. The average Bonchev–Trinajstić information content (AvgIpc) is 2.50. The molecular formula is C14H21NO5. The number of hydrogen-bond donors (Lipinski definition) is 2. The first-order valence-corrected chi connectivity index (χ1v) is 6.21. The SMILES string of the molecule is CNC(CC(=O)OC)C(O)c1ccc(OC)cc1OC. The van der Waals surface area contributed by atoms with Crippen molar-refractivity contribution in [3.63, 3.8) is 0 Å². The fraction of sp³-hybridized carbons (Fsp3) is 0.500. The molecule has 1 aromatic rings. The van der Waals surface area contributed by atoms with Gasteiger partial charge in [-0.25, -0.2) is 0 Å². The van der Waals surface area contributed by atoms with Crippen LogP contribution in [0.2, 0.25) is 0 Å². The lowest BCUT2D eigenvalue weighted by molar-refractivity contribution is -0.142. The summed E-state index contributed by atoms with van der Waals surface area (Å²) < 4.78 is 15.0. The molecule has 0 fully saturated rings. The minimum atomic E-state index is -0.903. The summed E-state index contributed by atoms with van der Waals surface area (Å²) in [7, 11) is 6.06. The number of aliphatic hydroxyl groups excluding tert-OH is 1. The minimum absolute atomic E-state index is 0.0589. The van der Waals surface area contributed by atoms with Crippen LogP contribution >= 0.6 is 0 Å². The normalized spacial score (nSPS) is 13.4. The summed E-state index contributed by atoms with van der Waals surface area (Å²) in [6, 6.07) is 4.66. The number of aliphatic hydroxyl groups is 1. The molecule has 0 heterocycles. The van der Waals surface area contributed by atoms with Gasteiger partial charge >= 0.3 is 5.97 Å². The quantitative estimate of drug-likeness (QED) is 0.724. The molecule has 0 spiro atoms. The van der Waals surface area contributed by atoms with Crippen LogP contribution in [0, 0.1) is 0 Å². The van der Waals surface area contributed by atoms with Crippen molar-refractivity contribution in [2.75, 3.05) is 28.4 Å². The van der Waals surface area contributed by atoms with Gasteiger partial charge < -0.3 is 24.6 Å². The van der Waals surface area contributed by atoms with Crippen molar-refractivity contribution in [3.8, 4) is 11.5 Å². The van der Waals surface area contributed by atoms with Crippen LogP contribution < -0.4 is 14.8 Å². The zero-order valence-corrected chi connectivity index (χ0v) is 12.2. The molecule has 1 rings (SSSR count). The highest BCUT2D eigenvalue weighted by atomic mass is 16.5. The van der Waals surface area contributed by atoms with Gasteiger partial charge in [-0.2, -0.15) is 0 Å². The van der Waals surface area contributed by atoms with Crippen LogP contribution in [0.25, 0.3) is 0 Å². The molecule has 1 aromatic carbocycles. The number of likely N-dealkylation sites (N-methyl/N-ethyl adjacent to an activating group) is 1. The Hall–Kier alpha value is -1.79. The molecular weight excluding hydrogens is 262 g/mol. The van der Waals surface area contributed by atoms with Crippen molar-refractivity contribution in [1.29, 1.82) is 0 Å². The third kappa shape index (κ3) is 3.85. The molecule has 0 saturated heterocycles. The second-order valence-electron chi connectivity index (χ2n) is 4.23. The predicted octanol–water partition coefficient (Wildman–Crippen LogP) is 0.888. The zero-order chi connectivity index (χ0) is 15.1. The van der Waals surface area contributed by atoms with E-state index < -0.39 is 18.1 Å². The summed E-state index contributed by atoms with van der Waals surface area (Å²) in [5, 5.41) is 13.3. The first-order chi connectivity index (χ1) is 9.57. The molecule has 2 atom stereocenters. The Morgan fingerprint density at radius 1 is 1.30 bits per heavy atom. The molecule has 0 aliphatic heterocycles. The minimum Gasteiger partial charge on any atom is -0.497 e. The van der Waals surface area contributed by atoms with Crippen LogP contribution in [0.4, 0.5) is 0 Å². The smallest absolute Gasteiger partial charge is 0.307 e. The number of esters is 1. The first kappa shape index (κ1) is 16.3. The first-order valence-electron chi connectivity index (χ1n) is 6.21. The summed E-state index contributed by atoms with van der Waals surface area (Å²) in [6.45, 7) is 0. The monoisotopic (exact) mass is 283 g/mol. The van der Waals surface area contributed by atoms with Gasteiger partial charge in [0.2, 0.25) is 0 Å². The third-order valence-electron chi connectivity index (χ3n) is 3.13. The molecule has 0 amide bonds. The largest absolute Gasteiger partial charge is 0.497 e. The van der Waals surface area contributed by atoms with E-state index in [0.29, 0.717) is 17.1 Å². The molecule has 6 heteroatoms. The number of nitrogens with one attached hydrogen (secondary N) is 1. The molecule has 20 heavy (non-hydrogen) atoms. The van der Waals surface area contributed by atoms with Crippen LogP contribution in [0.15, 0.2) is 18.2 Å². The van der Waals surface area contributed by atoms with E-state index in [9.17, 15) is 9.90 Å². The van der Waals surface area contributed by atoms with Crippen molar-refractivity contribution in [2.24, 2.45) is 0 Å². The number of carbonyl (C=O) groups excluding carboxylic acids is 1. The summed E-state index contributed by atoms with van der Waals surface area (Å²) in [5.74, 6) is 0.740. The number of ether oxygens (including phenoxy) is 3. The molecule has 0 aromatic heterocycles. The Kier molecular flexibility index (Phi) is 6.27. The molecule has 112 valence electrons. The van der Waals surface area contributed by atoms with Gasteiger partial charge in [0.15, 0.2) is 0 Å². The fourth-order valence-corrected chi connectivity index (χ4v) is 1.91. The maximum Gasteiger partial charge on any atom is 0.307 e. The summed E-state index contributed by atoms with van der Waals surface area (Å²) in [4.78, 5) is 11.3. The maximum atomic E-state index is 11.3. The lowest BCUT2D eigenvalue weighted by Gasteiger charge is -2.23. The Morgan fingerprint density at radius 3 is 2.50 bits per heavy atom. The Bertz CT molecular complexity index is 449. The topological polar surface area (TPSA) is 77.0 Å². The van der Waals surface area contributed by atoms with Crippen molar-refractivity contribution < 1.29 is 24.1 Å². The van der Waals surface area contributed by atoms with E-state index in [0.717, 1.165) is 0 Å². The van der Waals surface area contributed by atoms with Gasteiger partial charge in [-0.3, -0.25) is 4.79 Å². The lowest BCUT2D eigenvalue weighted by Crippen LogP contribution is -2.34. The standard InChI is InChI=1S/C14H21NO5/c1-15-11(8-13(16)20-4)14(17)10-6-5-9(18-2)7-12(10)19-3/h5-7,11,14-15,17H,8H2,1-4H3. The number of rotatable bonds is 7. The molecule has 0 radical (unpaired) electrons. The zero-order valence-electron chi connectivity index (χ0n) is 12.2. The fourth-order valence-electron chi connectivity index (χ4n) is 1.91. The Morgan fingerprint density at radius 2 is 2.00 bits per heavy atom. The van der Waals surface area contributed by atoms with E-state index in [2.05, 4.69) is 10.1 Å². The van der Waals surface area contributed by atoms with Crippen LogP contribution in [-0.2, 0) is 9.53 Å². The van der Waals surface area contributed by atoms with Crippen LogP contribution in [-0.4, -0.2) is 45.5 Å². The average molecular weight is 283 g/mol. The number of hydrogen-bond acceptors (Lipinski definition) is 6. The molecule has 2 N–H and O–H groups in total. The molecule has 6 nitrogen and oxygen atoms in total. The molecule has 0 bridgehead atoms. The van der Waals surface area contributed by atoms with E-state index in [1.54, 1.807) is 32.4 Å². The van der Waals surface area contributed by atoms with E-state index >= 15 is 0 Å². The Labute approximate surface area is 118 Å². The molecule has 0 saturated carbocycles. The van der Waals surface area contributed by atoms with E-state index in [-0.39, 0.29) is 6.42 Å². The van der Waals surface area contributed by atoms with Gasteiger partial charge in [0, 0.05) is 17.7 Å². The second kappa shape index (κ2) is 7.72. The van der Waals surface area contributed by atoms with Crippen LogP contribution in [0.5, 0.6) is 11.5 Å². The van der Waals surface area contributed by atoms with Crippen LogP contribution in [0.3, 0.4) is 0 Å². The highest BCUT2D eigenvalue weighted by Gasteiger charge is 2.25. The van der Waals surface area contributed by atoms with E-state index in [1.807, 2.05) is 0 Å². The van der Waals surface area contributed by atoms with Gasteiger partial charge in [-0.05, 0) is 19.2 Å². The van der Waals surface area contributed by atoms with Gasteiger partial charge in [-0.1, -0.05) is 0 Å². The van der Waals surface area contributed by atoms with Gasteiger partial charge in [0.05, 0.1) is 33.9 Å². The van der Waals surface area contributed by atoms with Gasteiger partial charge in [-0.15, -0.1) is 0 Å². The Balaban J connectivity index is 2.99. The van der Waals surface area contributed by atoms with Gasteiger partial charge in [0.1, 0.15) is 11.5 Å². The molecule has 0 aliphatic carbocycles. The highest BCUT2D eigenvalue weighted by molar-refractivity contribution is 5.70. The number of benzene rings is 1. The third-order valence-corrected chi connectivity index (χ3v) is 3.13. The van der Waals surface area contributed by atoms with Crippen molar-refractivity contribution in [1.82, 2.24) is 5.32 Å². The summed E-state index contributed by atoms with van der Waals surface area (Å²) in [5.41, 5.74) is 0.580. The van der Waals surface area contributed by atoms with Crippen molar-refractivity contribution in [2.45, 2.75) is 18.6 Å². The predicted molar refractivity (Wildman–Crippen MR) is 74.0 cm³/mol. The summed E-state index contributed by atoms with van der Waals surface area (Å²) in [6.07, 6.45) is -0.844. The number of carbonyl (C=O) groups is 1. The van der Waals surface area contributed by atoms with Gasteiger partial charge in [0.25, 0.3) is 0 Å². The molecule has 0 aliphatic rings. The van der Waals surface area contributed by atoms with Crippen molar-refractivity contribution >= 4 is 5.97 Å². The highest BCUT2D eigenvalue weighted by Crippen LogP contribution is 2.31. The lowest BCUT2D eigenvalue weighted by atomic mass is 9.98. The second-order valence-corrected chi connectivity index (χ2v) is 4.23. The summed E-state index contributed by atoms with van der Waals surface area (Å²) >= 11 is 0. The number of methoxy groups -OCH3 is 3. The van der Waals surface area contributed by atoms with E-state index in [1.165, 1.54) is 14.2 Å². The maximum absolute atomic E-state index is 11.3. The van der Waals surface area contributed by atoms with E-state index in [4.69, 9.17) is 9.47 Å². The van der Waals surface area contributed by atoms with Crippen LogP contribution in [0.1, 0.15) is 18.1 Å².